The van der Waals surface area contributed by atoms with Crippen LogP contribution in [0.4, 0.5) is 5.69 Å². The first kappa shape index (κ1) is 18.7. The summed E-state index contributed by atoms with van der Waals surface area (Å²) in [7, 11) is -4.33. The Bertz CT molecular complexity index is 541. The van der Waals surface area contributed by atoms with Crippen LogP contribution in [0.5, 0.6) is 5.75 Å². The van der Waals surface area contributed by atoms with Gasteiger partial charge in [-0.05, 0) is 18.6 Å². The molecule has 6 nitrogen and oxygen atoms in total. The van der Waals surface area contributed by atoms with E-state index in [9.17, 15) is 14.5 Å². The Kier molecular flexibility index (Phi) is 7.59. The van der Waals surface area contributed by atoms with Gasteiger partial charge in [-0.2, -0.15) is 0 Å². The van der Waals surface area contributed by atoms with Gasteiger partial charge in [-0.1, -0.05) is 38.7 Å². The maximum atomic E-state index is 11.9. The zero-order valence-corrected chi connectivity index (χ0v) is 13.7. The second-order valence-electron chi connectivity index (χ2n) is 5.34. The predicted molar refractivity (Wildman–Crippen MR) is 85.9 cm³/mol. The average Bonchev–Trinajstić information content (AvgIpc) is 2.41. The molecule has 0 atom stereocenters. The summed E-state index contributed by atoms with van der Waals surface area (Å²) in [6.07, 6.45) is 4.90. The topological polar surface area (TPSA) is 107 Å². The number of phenolic OH excluding ortho intramolecular Hbond substituents is 1. The van der Waals surface area contributed by atoms with Crippen molar-refractivity contribution < 1.29 is 24.3 Å². The van der Waals surface area contributed by atoms with E-state index in [-0.39, 0.29) is 22.9 Å². The van der Waals surface area contributed by atoms with E-state index in [2.05, 4.69) is 12.2 Å². The summed E-state index contributed by atoms with van der Waals surface area (Å²) < 4.78 is 11.1. The van der Waals surface area contributed by atoms with Crippen molar-refractivity contribution in [2.45, 2.75) is 51.6 Å². The highest BCUT2D eigenvalue weighted by Gasteiger charge is 2.20. The molecule has 0 spiro atoms. The van der Waals surface area contributed by atoms with Crippen LogP contribution in [-0.2, 0) is 15.5 Å². The van der Waals surface area contributed by atoms with Crippen molar-refractivity contribution in [2.24, 2.45) is 0 Å². The molecule has 0 aliphatic heterocycles. The number of carbonyl (C=O) groups is 1. The average molecular weight is 329 g/mol. The molecule has 0 saturated carbocycles. The number of hydrogen-bond acceptors (Lipinski definition) is 3. The van der Waals surface area contributed by atoms with Crippen LogP contribution in [0.15, 0.2) is 18.2 Å². The Balaban J connectivity index is 2.63. The molecule has 0 aromatic heterocycles. The molecule has 4 N–H and O–H groups in total. The lowest BCUT2D eigenvalue weighted by Gasteiger charge is -2.13. The normalized spacial score (nSPS) is 11.4. The van der Waals surface area contributed by atoms with Gasteiger partial charge < -0.3 is 20.2 Å². The van der Waals surface area contributed by atoms with Crippen LogP contribution in [0.1, 0.15) is 51.0 Å². The van der Waals surface area contributed by atoms with E-state index in [0.717, 1.165) is 32.1 Å². The van der Waals surface area contributed by atoms with Crippen LogP contribution < -0.4 is 5.32 Å². The van der Waals surface area contributed by atoms with Crippen molar-refractivity contribution in [3.8, 4) is 5.75 Å². The van der Waals surface area contributed by atoms with Gasteiger partial charge in [-0.25, -0.2) is 0 Å². The van der Waals surface area contributed by atoms with E-state index in [1.54, 1.807) is 0 Å². The third kappa shape index (κ3) is 7.07. The number of phenols is 1. The number of benzene rings is 1. The van der Waals surface area contributed by atoms with E-state index in [1.165, 1.54) is 18.2 Å². The van der Waals surface area contributed by atoms with Gasteiger partial charge in [0.25, 0.3) is 0 Å². The summed E-state index contributed by atoms with van der Waals surface area (Å²) in [5.74, 6) is -0.446. The number of amides is 1. The molecule has 1 aromatic rings. The molecular formula is C15H24NO5P. The molecule has 0 unspecified atom stereocenters. The van der Waals surface area contributed by atoms with Gasteiger partial charge in [-0.3, -0.25) is 9.36 Å². The Labute approximate surface area is 130 Å². The molecule has 0 aliphatic rings. The molecule has 1 aromatic carbocycles. The van der Waals surface area contributed by atoms with Crippen molar-refractivity contribution in [1.29, 1.82) is 0 Å². The zero-order valence-electron chi connectivity index (χ0n) is 12.8. The fraction of sp³-hybridized carbons (Fsp3) is 0.533. The second-order valence-corrected chi connectivity index (χ2v) is 6.98. The summed E-state index contributed by atoms with van der Waals surface area (Å²) in [6, 6.07) is 4.39. The van der Waals surface area contributed by atoms with E-state index in [0.29, 0.717) is 6.42 Å². The number of aromatic hydroxyl groups is 1. The summed E-state index contributed by atoms with van der Waals surface area (Å²) in [5.41, 5.74) is 0.317. The molecule has 124 valence electrons. The van der Waals surface area contributed by atoms with Crippen LogP contribution in [0.2, 0.25) is 0 Å². The zero-order chi connectivity index (χ0) is 16.6. The summed E-state index contributed by atoms with van der Waals surface area (Å²) >= 11 is 0. The molecular weight excluding hydrogens is 305 g/mol. The second kappa shape index (κ2) is 8.93. The van der Waals surface area contributed by atoms with Gasteiger partial charge >= 0.3 is 7.60 Å². The summed E-state index contributed by atoms with van der Waals surface area (Å²) in [5, 5.41) is 12.4. The lowest BCUT2D eigenvalue weighted by molar-refractivity contribution is -0.116. The van der Waals surface area contributed by atoms with Gasteiger partial charge in [0, 0.05) is 17.7 Å². The molecule has 0 radical (unpaired) electrons. The standard InChI is InChI=1S/C15H24NO5P/c1-2-3-4-5-6-10-15(18)16-13-8-7-9-14(17)12(13)11-22(19,20)21/h7-9,17H,2-6,10-11H2,1H3,(H,16,18)(H2,19,20,21). The smallest absolute Gasteiger partial charge is 0.330 e. The molecule has 0 saturated heterocycles. The van der Waals surface area contributed by atoms with Crippen molar-refractivity contribution >= 4 is 19.2 Å². The maximum Gasteiger partial charge on any atom is 0.330 e. The summed E-state index contributed by atoms with van der Waals surface area (Å²) in [4.78, 5) is 30.0. The molecule has 7 heteroatoms. The van der Waals surface area contributed by atoms with E-state index < -0.39 is 13.8 Å². The van der Waals surface area contributed by atoms with Crippen LogP contribution in [0.25, 0.3) is 0 Å². The lowest BCUT2D eigenvalue weighted by atomic mass is 10.1. The van der Waals surface area contributed by atoms with Gasteiger partial charge in [0.05, 0.1) is 6.16 Å². The van der Waals surface area contributed by atoms with Crippen molar-refractivity contribution in [1.82, 2.24) is 0 Å². The lowest BCUT2D eigenvalue weighted by Crippen LogP contribution is -2.12. The number of unbranched alkanes of at least 4 members (excludes halogenated alkanes) is 4. The van der Waals surface area contributed by atoms with Crippen LogP contribution >= 0.6 is 7.60 Å². The van der Waals surface area contributed by atoms with Crippen LogP contribution in [0, 0.1) is 0 Å². The highest BCUT2D eigenvalue weighted by atomic mass is 31.2. The van der Waals surface area contributed by atoms with E-state index in [1.807, 2.05) is 0 Å². The molecule has 0 bridgehead atoms. The number of anilines is 1. The minimum Gasteiger partial charge on any atom is -0.508 e. The fourth-order valence-corrected chi connectivity index (χ4v) is 2.91. The van der Waals surface area contributed by atoms with E-state index in [4.69, 9.17) is 9.79 Å². The van der Waals surface area contributed by atoms with Crippen molar-refractivity contribution in [3.05, 3.63) is 23.8 Å². The third-order valence-electron chi connectivity index (χ3n) is 3.30. The van der Waals surface area contributed by atoms with Gasteiger partial charge in [0.1, 0.15) is 5.75 Å². The molecule has 1 rings (SSSR count). The Morgan fingerprint density at radius 2 is 1.86 bits per heavy atom. The molecule has 0 aliphatic carbocycles. The van der Waals surface area contributed by atoms with Gasteiger partial charge in [-0.15, -0.1) is 0 Å². The number of carbonyl (C=O) groups excluding carboxylic acids is 1. The quantitative estimate of drug-likeness (QED) is 0.410. The monoisotopic (exact) mass is 329 g/mol. The fourth-order valence-electron chi connectivity index (χ4n) is 2.17. The molecule has 22 heavy (non-hydrogen) atoms. The number of nitrogens with one attached hydrogen (secondary N) is 1. The third-order valence-corrected chi connectivity index (χ3v) is 4.03. The van der Waals surface area contributed by atoms with Crippen LogP contribution in [-0.4, -0.2) is 20.8 Å². The molecule has 0 heterocycles. The predicted octanol–water partition coefficient (Wildman–Crippen LogP) is 3.37. The van der Waals surface area contributed by atoms with Gasteiger partial charge in [0.2, 0.25) is 5.91 Å². The Hall–Kier alpha value is -1.36. The maximum absolute atomic E-state index is 11.9. The largest absolute Gasteiger partial charge is 0.508 e. The first-order valence-corrected chi connectivity index (χ1v) is 9.28. The molecule has 1 amide bonds. The first-order chi connectivity index (χ1) is 10.3. The first-order valence-electron chi connectivity index (χ1n) is 7.48. The number of hydrogen-bond donors (Lipinski definition) is 4. The summed E-state index contributed by atoms with van der Waals surface area (Å²) in [6.45, 7) is 2.12. The van der Waals surface area contributed by atoms with Crippen molar-refractivity contribution in [3.63, 3.8) is 0 Å². The van der Waals surface area contributed by atoms with Gasteiger partial charge in [0.15, 0.2) is 0 Å². The van der Waals surface area contributed by atoms with Crippen molar-refractivity contribution in [2.75, 3.05) is 5.32 Å². The molecule has 0 fully saturated rings. The Morgan fingerprint density at radius 3 is 2.50 bits per heavy atom. The van der Waals surface area contributed by atoms with E-state index >= 15 is 0 Å². The minimum atomic E-state index is -4.33. The van der Waals surface area contributed by atoms with Crippen LogP contribution in [0.3, 0.4) is 0 Å². The highest BCUT2D eigenvalue weighted by Crippen LogP contribution is 2.43. The highest BCUT2D eigenvalue weighted by molar-refractivity contribution is 7.50. The SMILES string of the molecule is CCCCCCCC(=O)Nc1cccc(O)c1CP(=O)(O)O. The number of rotatable bonds is 9. The minimum absolute atomic E-state index is 0.0650. The Morgan fingerprint density at radius 1 is 1.18 bits per heavy atom.